The topological polar surface area (TPSA) is 71.5 Å². The molecule has 1 aromatic heterocycles. The number of nitrogens with one attached hydrogen (secondary N) is 1. The minimum absolute atomic E-state index is 0.103. The third-order valence-corrected chi connectivity index (χ3v) is 5.68. The molecule has 2 heterocycles. The number of aromatic nitrogens is 1. The van der Waals surface area contributed by atoms with Gasteiger partial charge in [0.15, 0.2) is 0 Å². The number of carbonyl (C=O) groups is 2. The van der Waals surface area contributed by atoms with Gasteiger partial charge in [-0.2, -0.15) is 0 Å². The van der Waals surface area contributed by atoms with Crippen LogP contribution in [-0.2, 0) is 11.2 Å². The third kappa shape index (κ3) is 3.95. The lowest BCUT2D eigenvalue weighted by Crippen LogP contribution is -2.26. The number of anilines is 2. The van der Waals surface area contributed by atoms with Crippen LogP contribution in [0.15, 0.2) is 70.7 Å². The Kier molecular flexibility index (Phi) is 5.22. The number of amides is 2. The fourth-order valence-electron chi connectivity index (χ4n) is 3.15. The Hall–Kier alpha value is -3.32. The Morgan fingerprint density at radius 2 is 2.03 bits per heavy atom. The Morgan fingerprint density at radius 3 is 2.86 bits per heavy atom. The minimum Gasteiger partial charge on any atom is -0.497 e. The van der Waals surface area contributed by atoms with Gasteiger partial charge in [0.1, 0.15) is 10.8 Å². The van der Waals surface area contributed by atoms with Gasteiger partial charge in [-0.1, -0.05) is 23.9 Å². The molecule has 0 saturated heterocycles. The fourth-order valence-corrected chi connectivity index (χ4v) is 4.24. The van der Waals surface area contributed by atoms with E-state index in [-0.39, 0.29) is 18.2 Å². The normalized spacial score (nSPS) is 12.6. The minimum atomic E-state index is -0.125. The maximum atomic E-state index is 12.7. The molecule has 4 rings (SSSR count). The second kappa shape index (κ2) is 7.97. The van der Waals surface area contributed by atoms with E-state index in [4.69, 9.17) is 4.74 Å². The third-order valence-electron chi connectivity index (χ3n) is 4.62. The number of hydrogen-bond donors (Lipinski definition) is 1. The largest absolute Gasteiger partial charge is 0.497 e. The molecule has 1 N–H and O–H groups in total. The zero-order valence-electron chi connectivity index (χ0n) is 16.0. The van der Waals surface area contributed by atoms with Crippen LogP contribution >= 0.6 is 11.8 Å². The first-order valence-electron chi connectivity index (χ1n) is 9.03. The maximum Gasteiger partial charge on any atom is 0.260 e. The number of pyridine rings is 1. The number of methoxy groups -OCH3 is 1. The van der Waals surface area contributed by atoms with Gasteiger partial charge in [-0.25, -0.2) is 4.98 Å². The lowest BCUT2D eigenvalue weighted by Gasteiger charge is -2.18. The highest BCUT2D eigenvalue weighted by Crippen LogP contribution is 2.41. The van der Waals surface area contributed by atoms with Gasteiger partial charge in [0.25, 0.3) is 5.91 Å². The van der Waals surface area contributed by atoms with Crippen molar-refractivity contribution in [3.05, 3.63) is 71.9 Å². The second-order valence-electron chi connectivity index (χ2n) is 6.58. The van der Waals surface area contributed by atoms with Gasteiger partial charge in [0.2, 0.25) is 5.91 Å². The zero-order valence-corrected chi connectivity index (χ0v) is 16.8. The van der Waals surface area contributed by atoms with Crippen molar-refractivity contribution < 1.29 is 14.3 Å². The molecule has 29 heavy (non-hydrogen) atoms. The van der Waals surface area contributed by atoms with Crippen LogP contribution in [0.1, 0.15) is 15.9 Å². The van der Waals surface area contributed by atoms with E-state index >= 15 is 0 Å². The summed E-state index contributed by atoms with van der Waals surface area (Å²) in [6, 6.07) is 16.5. The van der Waals surface area contributed by atoms with E-state index in [0.29, 0.717) is 16.3 Å². The van der Waals surface area contributed by atoms with E-state index < -0.39 is 0 Å². The molecule has 2 aromatic carbocycles. The van der Waals surface area contributed by atoms with E-state index in [1.165, 1.54) is 11.8 Å². The molecule has 6 nitrogen and oxygen atoms in total. The summed E-state index contributed by atoms with van der Waals surface area (Å²) in [7, 11) is 3.34. The summed E-state index contributed by atoms with van der Waals surface area (Å²) in [4.78, 5) is 32.0. The highest BCUT2D eigenvalue weighted by molar-refractivity contribution is 7.99. The van der Waals surface area contributed by atoms with Crippen LogP contribution in [0.2, 0.25) is 0 Å². The van der Waals surface area contributed by atoms with Crippen LogP contribution in [0, 0.1) is 0 Å². The molecule has 146 valence electrons. The number of fused-ring (bicyclic) bond motifs is 2. The van der Waals surface area contributed by atoms with Gasteiger partial charge in [-0.3, -0.25) is 9.59 Å². The van der Waals surface area contributed by atoms with E-state index in [0.717, 1.165) is 21.9 Å². The van der Waals surface area contributed by atoms with E-state index in [1.807, 2.05) is 36.4 Å². The molecule has 2 amide bonds. The monoisotopic (exact) mass is 405 g/mol. The molecule has 0 saturated carbocycles. The number of hydrogen-bond acceptors (Lipinski definition) is 5. The average molecular weight is 405 g/mol. The van der Waals surface area contributed by atoms with Crippen LogP contribution in [0.4, 0.5) is 11.4 Å². The Morgan fingerprint density at radius 1 is 1.17 bits per heavy atom. The summed E-state index contributed by atoms with van der Waals surface area (Å²) in [5.41, 5.74) is 2.89. The van der Waals surface area contributed by atoms with Gasteiger partial charge in [0.05, 0.1) is 24.8 Å². The van der Waals surface area contributed by atoms with Gasteiger partial charge < -0.3 is 15.0 Å². The number of ether oxygens (including phenoxy) is 1. The highest BCUT2D eigenvalue weighted by Gasteiger charge is 2.25. The first-order chi connectivity index (χ1) is 14.0. The number of nitrogens with zero attached hydrogens (tertiary/aromatic N) is 2. The maximum absolute atomic E-state index is 12.7. The van der Waals surface area contributed by atoms with Crippen molar-refractivity contribution in [2.45, 2.75) is 16.3 Å². The molecule has 0 spiro atoms. The van der Waals surface area contributed by atoms with Gasteiger partial charge in [-0.05, 0) is 48.0 Å². The van der Waals surface area contributed by atoms with Crippen LogP contribution in [-0.4, -0.2) is 31.0 Å². The molecule has 0 unspecified atom stereocenters. The van der Waals surface area contributed by atoms with Crippen molar-refractivity contribution in [3.63, 3.8) is 0 Å². The number of carbonyl (C=O) groups excluding carboxylic acids is 2. The average Bonchev–Trinajstić information content (AvgIpc) is 2.83. The van der Waals surface area contributed by atoms with E-state index in [1.54, 1.807) is 43.5 Å². The van der Waals surface area contributed by atoms with Crippen molar-refractivity contribution in [1.29, 1.82) is 0 Å². The molecule has 1 aliphatic rings. The van der Waals surface area contributed by atoms with Crippen LogP contribution in [0.3, 0.4) is 0 Å². The van der Waals surface area contributed by atoms with Gasteiger partial charge >= 0.3 is 0 Å². The van der Waals surface area contributed by atoms with Crippen molar-refractivity contribution in [3.8, 4) is 5.75 Å². The lowest BCUT2D eigenvalue weighted by molar-refractivity contribution is -0.115. The lowest BCUT2D eigenvalue weighted by atomic mass is 10.1. The second-order valence-corrected chi connectivity index (χ2v) is 7.61. The van der Waals surface area contributed by atoms with Gasteiger partial charge in [0, 0.05) is 23.8 Å². The van der Waals surface area contributed by atoms with Crippen LogP contribution < -0.4 is 15.0 Å². The molecule has 0 bridgehead atoms. The molecule has 3 aromatic rings. The summed E-state index contributed by atoms with van der Waals surface area (Å²) in [6.45, 7) is 0. The smallest absolute Gasteiger partial charge is 0.260 e. The SMILES string of the molecule is COc1cccc(CC(=O)Nc2ccc3c(c2)Sc2ncccc2C(=O)N3C)c1. The van der Waals surface area contributed by atoms with Crippen LogP contribution in [0.5, 0.6) is 5.75 Å². The summed E-state index contributed by atoms with van der Waals surface area (Å²) >= 11 is 1.42. The molecule has 0 fully saturated rings. The predicted octanol–water partition coefficient (Wildman–Crippen LogP) is 4.01. The number of rotatable bonds is 4. The first kappa shape index (κ1) is 19.0. The highest BCUT2D eigenvalue weighted by atomic mass is 32.2. The standard InChI is InChI=1S/C22H19N3O3S/c1-25-18-9-8-15(24-20(26)12-14-5-3-6-16(11-14)28-2)13-19(18)29-21-17(22(25)27)7-4-10-23-21/h3-11,13H,12H2,1-2H3,(H,24,26). The molecular formula is C22H19N3O3S. The molecule has 0 atom stereocenters. The Balaban J connectivity index is 1.56. The first-order valence-corrected chi connectivity index (χ1v) is 9.84. The van der Waals surface area contributed by atoms with Gasteiger partial charge in [-0.15, -0.1) is 0 Å². The van der Waals surface area contributed by atoms with Crippen molar-refractivity contribution in [2.24, 2.45) is 0 Å². The summed E-state index contributed by atoms with van der Waals surface area (Å²) in [5.74, 6) is 0.490. The zero-order chi connectivity index (χ0) is 20.4. The summed E-state index contributed by atoms with van der Waals surface area (Å²) < 4.78 is 5.20. The predicted molar refractivity (Wildman–Crippen MR) is 113 cm³/mol. The molecule has 0 aliphatic carbocycles. The molecule has 1 aliphatic heterocycles. The van der Waals surface area contributed by atoms with E-state index in [2.05, 4.69) is 10.3 Å². The summed E-state index contributed by atoms with van der Waals surface area (Å²) in [5, 5.41) is 3.59. The number of benzene rings is 2. The Labute approximate surface area is 172 Å². The molecular weight excluding hydrogens is 386 g/mol. The van der Waals surface area contributed by atoms with Crippen molar-refractivity contribution in [2.75, 3.05) is 24.4 Å². The Bertz CT molecular complexity index is 1100. The van der Waals surface area contributed by atoms with Crippen LogP contribution in [0.25, 0.3) is 0 Å². The molecule has 0 radical (unpaired) electrons. The van der Waals surface area contributed by atoms with E-state index in [9.17, 15) is 9.59 Å². The summed E-state index contributed by atoms with van der Waals surface area (Å²) in [6.07, 6.45) is 1.91. The van der Waals surface area contributed by atoms with Crippen molar-refractivity contribution >= 4 is 35.0 Å². The van der Waals surface area contributed by atoms with Crippen molar-refractivity contribution in [1.82, 2.24) is 4.98 Å². The quantitative estimate of drug-likeness (QED) is 0.710. The fraction of sp³-hybridized carbons (Fsp3) is 0.136. The molecule has 7 heteroatoms.